The van der Waals surface area contributed by atoms with Gasteiger partial charge in [0.2, 0.25) is 0 Å². The Hall–Kier alpha value is -9.52. The van der Waals surface area contributed by atoms with Gasteiger partial charge in [0.25, 0.3) is 6.71 Å². The molecule has 0 spiro atoms. The van der Waals surface area contributed by atoms with Crippen LogP contribution in [0, 0.1) is 0 Å². The minimum Gasteiger partial charge on any atom is -0.311 e. The minimum atomic E-state index is -0.140. The monoisotopic (exact) mass is 1030 g/mol. The summed E-state index contributed by atoms with van der Waals surface area (Å²) < 4.78 is 5.09. The molecule has 0 radical (unpaired) electrons. The standard InChI is InChI=1S/C74H56BN5/c1-73(2,3)45-31-35-49(36-32-45)77-66-43-64-58(56-27-17-25-54-52-23-13-15-29-62(52)79(64)71(54)56)41-60(66)75-61-42-59-57-28-18-26-55-53-24-14-16-30-63(53)80(72(55)57)65(59)44-67(61)78(50-37-33-46(34-38-50)74(4,5)6)69-40-51(39-68(77)70(69)75)76(47-19-9-7-10-20-47)48-21-11-8-12-22-48/h7-44H,1-6H3. The second-order valence-electron chi connectivity index (χ2n) is 24.6. The number of fused-ring (bicyclic) bond motifs is 16. The van der Waals surface area contributed by atoms with Crippen LogP contribution in [-0.4, -0.2) is 15.5 Å². The first-order valence-electron chi connectivity index (χ1n) is 28.3. The van der Waals surface area contributed by atoms with Gasteiger partial charge >= 0.3 is 0 Å². The summed E-state index contributed by atoms with van der Waals surface area (Å²) in [5.41, 5.74) is 24.1. The zero-order valence-corrected chi connectivity index (χ0v) is 45.8. The molecule has 17 rings (SSSR count). The second-order valence-corrected chi connectivity index (χ2v) is 24.6. The molecule has 0 N–H and O–H groups in total. The van der Waals surface area contributed by atoms with E-state index in [-0.39, 0.29) is 17.5 Å². The van der Waals surface area contributed by atoms with Gasteiger partial charge in [-0.15, -0.1) is 0 Å². The normalized spacial score (nSPS) is 13.6. The highest BCUT2D eigenvalue weighted by atomic mass is 15.2. The van der Waals surface area contributed by atoms with Gasteiger partial charge in [-0.05, 0) is 123 Å². The van der Waals surface area contributed by atoms with E-state index in [2.05, 4.69) is 296 Å². The Morgan fingerprint density at radius 1 is 0.312 bits per heavy atom. The number of para-hydroxylation sites is 6. The summed E-state index contributed by atoms with van der Waals surface area (Å²) in [6.45, 7) is 13.7. The molecule has 6 heteroatoms. The molecular formula is C74H56BN5. The Morgan fingerprint density at radius 3 is 1.10 bits per heavy atom. The smallest absolute Gasteiger partial charge is 0.252 e. The van der Waals surface area contributed by atoms with E-state index in [4.69, 9.17) is 0 Å². The van der Waals surface area contributed by atoms with Crippen molar-refractivity contribution in [2.75, 3.05) is 14.7 Å². The number of hydrogen-bond acceptors (Lipinski definition) is 3. The van der Waals surface area contributed by atoms with Gasteiger partial charge < -0.3 is 23.5 Å². The quantitative estimate of drug-likeness (QED) is 0.160. The highest BCUT2D eigenvalue weighted by Gasteiger charge is 2.45. The lowest BCUT2D eigenvalue weighted by molar-refractivity contribution is 0.590. The minimum absolute atomic E-state index is 0.0215. The van der Waals surface area contributed by atoms with E-state index in [1.54, 1.807) is 0 Å². The van der Waals surface area contributed by atoms with Crippen LogP contribution < -0.4 is 31.1 Å². The lowest BCUT2D eigenvalue weighted by Gasteiger charge is -2.45. The van der Waals surface area contributed by atoms with Crippen molar-refractivity contribution in [3.05, 3.63) is 242 Å². The van der Waals surface area contributed by atoms with Gasteiger partial charge in [0.1, 0.15) is 0 Å². The average Bonchev–Trinajstić information content (AvgIpc) is 3.25. The fourth-order valence-corrected chi connectivity index (χ4v) is 14.3. The summed E-state index contributed by atoms with van der Waals surface area (Å²) in [4.78, 5) is 7.67. The third kappa shape index (κ3) is 6.19. The van der Waals surface area contributed by atoms with Crippen LogP contribution in [0.3, 0.4) is 0 Å². The van der Waals surface area contributed by atoms with Crippen LogP contribution in [0.5, 0.6) is 0 Å². The first kappa shape index (κ1) is 45.5. The summed E-state index contributed by atoms with van der Waals surface area (Å²) in [6.07, 6.45) is 0. The highest BCUT2D eigenvalue weighted by molar-refractivity contribution is 7.00. The predicted molar refractivity (Wildman–Crippen MR) is 342 cm³/mol. The molecule has 15 aromatic rings. The van der Waals surface area contributed by atoms with E-state index in [1.165, 1.54) is 115 Å². The molecule has 4 aromatic heterocycles. The fraction of sp³-hybridized carbons (Fsp3) is 0.108. The zero-order valence-electron chi connectivity index (χ0n) is 45.8. The number of benzene rings is 11. The van der Waals surface area contributed by atoms with Crippen LogP contribution in [0.4, 0.5) is 51.2 Å². The van der Waals surface area contributed by atoms with Crippen molar-refractivity contribution in [1.29, 1.82) is 0 Å². The number of nitrogens with zero attached hydrogens (tertiary/aromatic N) is 5. The largest absolute Gasteiger partial charge is 0.311 e. The molecule has 0 bridgehead atoms. The van der Waals surface area contributed by atoms with E-state index in [0.29, 0.717) is 0 Å². The average molecular weight is 1030 g/mol. The Bertz CT molecular complexity index is 4710. The fourth-order valence-electron chi connectivity index (χ4n) is 14.3. The van der Waals surface area contributed by atoms with Gasteiger partial charge in [-0.3, -0.25) is 0 Å². The zero-order chi connectivity index (χ0) is 53.5. The molecular weight excluding hydrogens is 970 g/mol. The molecule has 2 aliphatic heterocycles. The lowest BCUT2D eigenvalue weighted by atomic mass is 9.33. The maximum absolute atomic E-state index is 2.61. The third-order valence-electron chi connectivity index (χ3n) is 18.0. The molecule has 11 aromatic carbocycles. The molecule has 0 unspecified atom stereocenters. The van der Waals surface area contributed by atoms with Crippen molar-refractivity contribution in [1.82, 2.24) is 8.80 Å². The molecule has 0 saturated heterocycles. The third-order valence-corrected chi connectivity index (χ3v) is 18.0. The molecule has 6 heterocycles. The van der Waals surface area contributed by atoms with Crippen molar-refractivity contribution in [2.24, 2.45) is 0 Å². The van der Waals surface area contributed by atoms with Gasteiger partial charge in [-0.25, -0.2) is 0 Å². The van der Waals surface area contributed by atoms with Crippen LogP contribution in [0.2, 0.25) is 0 Å². The van der Waals surface area contributed by atoms with E-state index in [1.807, 2.05) is 0 Å². The summed E-state index contributed by atoms with van der Waals surface area (Å²) in [5, 5.41) is 10.2. The van der Waals surface area contributed by atoms with Crippen LogP contribution >= 0.6 is 0 Å². The first-order chi connectivity index (χ1) is 39.0. The predicted octanol–water partition coefficient (Wildman–Crippen LogP) is 18.1. The Balaban J connectivity index is 1.06. The van der Waals surface area contributed by atoms with Crippen LogP contribution in [0.15, 0.2) is 231 Å². The molecule has 0 saturated carbocycles. The number of anilines is 9. The molecule has 80 heavy (non-hydrogen) atoms. The van der Waals surface area contributed by atoms with Gasteiger partial charge in [0, 0.05) is 88.6 Å². The van der Waals surface area contributed by atoms with Gasteiger partial charge in [0.05, 0.1) is 38.8 Å². The van der Waals surface area contributed by atoms with E-state index in [9.17, 15) is 0 Å². The van der Waals surface area contributed by atoms with Gasteiger partial charge in [-0.2, -0.15) is 0 Å². The summed E-state index contributed by atoms with van der Waals surface area (Å²) in [5.74, 6) is 0. The lowest BCUT2D eigenvalue weighted by Crippen LogP contribution is -2.61. The van der Waals surface area contributed by atoms with Crippen molar-refractivity contribution in [2.45, 2.75) is 52.4 Å². The van der Waals surface area contributed by atoms with Crippen LogP contribution in [-0.2, 0) is 10.8 Å². The summed E-state index contributed by atoms with van der Waals surface area (Å²) in [7, 11) is 0. The summed E-state index contributed by atoms with van der Waals surface area (Å²) in [6, 6.07) is 87.7. The number of aromatic nitrogens is 2. The van der Waals surface area contributed by atoms with Crippen molar-refractivity contribution < 1.29 is 0 Å². The highest BCUT2D eigenvalue weighted by Crippen LogP contribution is 2.51. The van der Waals surface area contributed by atoms with Crippen molar-refractivity contribution in [3.63, 3.8) is 0 Å². The molecule has 0 amide bonds. The Kier molecular flexibility index (Phi) is 9.13. The molecule has 0 aliphatic carbocycles. The molecule has 5 nitrogen and oxygen atoms in total. The molecule has 0 fully saturated rings. The van der Waals surface area contributed by atoms with Crippen molar-refractivity contribution >= 4 is 150 Å². The molecule has 2 aliphatic rings. The Labute approximate surface area is 465 Å². The topological polar surface area (TPSA) is 18.5 Å². The van der Waals surface area contributed by atoms with Crippen molar-refractivity contribution in [3.8, 4) is 0 Å². The van der Waals surface area contributed by atoms with Crippen LogP contribution in [0.1, 0.15) is 52.7 Å². The van der Waals surface area contributed by atoms with E-state index in [0.717, 1.165) is 39.8 Å². The SMILES string of the molecule is CC(C)(C)c1ccc(N2c3cc4c(cc3B3c5cc6c7cccc8c9ccccc9n(c6cc5N(c5ccc(C(C)(C)C)cc5)c5cc(N(c6ccccc6)c6ccccc6)cc2c53)c87)c2cccc3c5ccccc5n4c32)cc1. The first-order valence-corrected chi connectivity index (χ1v) is 28.3. The Morgan fingerprint density at radius 2 is 0.688 bits per heavy atom. The maximum atomic E-state index is 2.61. The number of hydrogen-bond donors (Lipinski definition) is 0. The summed E-state index contributed by atoms with van der Waals surface area (Å²) >= 11 is 0. The van der Waals surface area contributed by atoms with E-state index < -0.39 is 0 Å². The number of rotatable bonds is 5. The van der Waals surface area contributed by atoms with Gasteiger partial charge in [-0.1, -0.05) is 187 Å². The maximum Gasteiger partial charge on any atom is 0.252 e. The van der Waals surface area contributed by atoms with Crippen LogP contribution in [0.25, 0.3) is 76.2 Å². The molecule has 0 atom stereocenters. The molecule has 380 valence electrons. The van der Waals surface area contributed by atoms with E-state index >= 15 is 0 Å². The second kappa shape index (κ2) is 16.1. The van der Waals surface area contributed by atoms with Gasteiger partial charge in [0.15, 0.2) is 0 Å².